The molecule has 0 saturated carbocycles. The third kappa shape index (κ3) is 4.40. The van der Waals surface area contributed by atoms with Crippen LogP contribution >= 0.6 is 27.7 Å². The number of aryl methyl sites for hydroxylation is 1. The predicted molar refractivity (Wildman–Crippen MR) is 84.7 cm³/mol. The number of carbonyl (C=O) groups excluding carboxylic acids is 1. The largest absolute Gasteiger partial charge is 0.325 e. The van der Waals surface area contributed by atoms with Gasteiger partial charge in [-0.3, -0.25) is 4.79 Å². The summed E-state index contributed by atoms with van der Waals surface area (Å²) < 4.78 is 0.955. The fourth-order valence-electron chi connectivity index (χ4n) is 1.62. The first kappa shape index (κ1) is 14.2. The van der Waals surface area contributed by atoms with Gasteiger partial charge in [-0.15, -0.1) is 11.8 Å². The molecule has 0 aliphatic carbocycles. The van der Waals surface area contributed by atoms with Crippen molar-refractivity contribution in [3.63, 3.8) is 0 Å². The molecular formula is C15H14BrNOS. The molecule has 0 saturated heterocycles. The lowest BCUT2D eigenvalue weighted by Gasteiger charge is -2.07. The predicted octanol–water partition coefficient (Wildman–Crippen LogP) is 4.49. The number of nitrogens with one attached hydrogen (secondary N) is 1. The molecule has 0 fully saturated rings. The molecule has 0 spiro atoms. The summed E-state index contributed by atoms with van der Waals surface area (Å²) in [4.78, 5) is 13.0. The number of halogens is 1. The molecule has 1 N–H and O–H groups in total. The second-order valence-corrected chi connectivity index (χ2v) is 6.05. The molecule has 2 nitrogen and oxygen atoms in total. The molecule has 2 aromatic rings. The molecule has 0 heterocycles. The Hall–Kier alpha value is -1.26. The highest BCUT2D eigenvalue weighted by Crippen LogP contribution is 2.22. The van der Waals surface area contributed by atoms with E-state index in [9.17, 15) is 4.79 Å². The number of anilines is 1. The Morgan fingerprint density at radius 2 is 2.00 bits per heavy atom. The molecule has 0 aliphatic heterocycles. The summed E-state index contributed by atoms with van der Waals surface area (Å²) in [6.45, 7) is 2.05. The molecule has 0 unspecified atom stereocenters. The Kier molecular flexibility index (Phi) is 5.05. The lowest BCUT2D eigenvalue weighted by Crippen LogP contribution is -2.13. The summed E-state index contributed by atoms with van der Waals surface area (Å²) in [5.74, 6) is 0.420. The third-order valence-corrected chi connectivity index (χ3v) is 4.23. The molecule has 0 aromatic heterocycles. The summed E-state index contributed by atoms with van der Waals surface area (Å²) in [5, 5.41) is 2.88. The zero-order valence-electron chi connectivity index (χ0n) is 10.5. The Morgan fingerprint density at radius 1 is 1.21 bits per heavy atom. The summed E-state index contributed by atoms with van der Waals surface area (Å²) in [6, 6.07) is 15.7. The van der Waals surface area contributed by atoms with Gasteiger partial charge in [0.1, 0.15) is 0 Å². The van der Waals surface area contributed by atoms with Crippen LogP contribution in [0.4, 0.5) is 5.69 Å². The van der Waals surface area contributed by atoms with Crippen LogP contribution in [0.5, 0.6) is 0 Å². The molecule has 2 aromatic carbocycles. The number of hydrogen-bond donors (Lipinski definition) is 1. The van der Waals surface area contributed by atoms with Gasteiger partial charge in [0, 0.05) is 15.1 Å². The van der Waals surface area contributed by atoms with Crippen molar-refractivity contribution < 1.29 is 4.79 Å². The van der Waals surface area contributed by atoms with Crippen LogP contribution in [0.1, 0.15) is 5.56 Å². The maximum atomic E-state index is 11.9. The van der Waals surface area contributed by atoms with Gasteiger partial charge in [-0.2, -0.15) is 0 Å². The lowest BCUT2D eigenvalue weighted by atomic mass is 10.2. The lowest BCUT2D eigenvalue weighted by molar-refractivity contribution is -0.113. The molecule has 0 aliphatic rings. The van der Waals surface area contributed by atoms with Crippen LogP contribution < -0.4 is 5.32 Å². The standard InChI is InChI=1S/C15H14BrNOS/c1-11-5-2-3-8-14(11)19-10-15(18)17-13-7-4-6-12(16)9-13/h2-9H,10H2,1H3,(H,17,18). The molecule has 0 atom stereocenters. The molecule has 98 valence electrons. The fraction of sp³-hybridized carbons (Fsp3) is 0.133. The number of rotatable bonds is 4. The van der Waals surface area contributed by atoms with Crippen LogP contribution in [-0.2, 0) is 4.79 Å². The Bertz CT molecular complexity index is 586. The van der Waals surface area contributed by atoms with Crippen molar-refractivity contribution in [2.75, 3.05) is 11.1 Å². The second kappa shape index (κ2) is 6.78. The maximum absolute atomic E-state index is 11.9. The fourth-order valence-corrected chi connectivity index (χ4v) is 2.85. The third-order valence-electron chi connectivity index (χ3n) is 2.56. The van der Waals surface area contributed by atoms with E-state index in [0.717, 1.165) is 15.1 Å². The van der Waals surface area contributed by atoms with Crippen LogP contribution in [0.15, 0.2) is 57.9 Å². The first-order valence-electron chi connectivity index (χ1n) is 5.89. The quantitative estimate of drug-likeness (QED) is 0.834. The Labute approximate surface area is 125 Å². The molecule has 0 radical (unpaired) electrons. The van der Waals surface area contributed by atoms with E-state index in [1.165, 1.54) is 5.56 Å². The van der Waals surface area contributed by atoms with Gasteiger partial charge >= 0.3 is 0 Å². The van der Waals surface area contributed by atoms with Gasteiger partial charge in [0.15, 0.2) is 0 Å². The van der Waals surface area contributed by atoms with Crippen molar-refractivity contribution in [3.05, 3.63) is 58.6 Å². The number of benzene rings is 2. The topological polar surface area (TPSA) is 29.1 Å². The van der Waals surface area contributed by atoms with E-state index >= 15 is 0 Å². The number of hydrogen-bond acceptors (Lipinski definition) is 2. The van der Waals surface area contributed by atoms with Crippen molar-refractivity contribution in [1.82, 2.24) is 0 Å². The highest BCUT2D eigenvalue weighted by molar-refractivity contribution is 9.10. The van der Waals surface area contributed by atoms with E-state index < -0.39 is 0 Å². The van der Waals surface area contributed by atoms with Gasteiger partial charge in [-0.05, 0) is 36.8 Å². The van der Waals surface area contributed by atoms with E-state index in [-0.39, 0.29) is 5.91 Å². The molecule has 4 heteroatoms. The van der Waals surface area contributed by atoms with Gasteiger partial charge in [-0.25, -0.2) is 0 Å². The summed E-state index contributed by atoms with van der Waals surface area (Å²) in [6.07, 6.45) is 0. The first-order valence-corrected chi connectivity index (χ1v) is 7.67. The minimum Gasteiger partial charge on any atom is -0.325 e. The zero-order chi connectivity index (χ0) is 13.7. The Morgan fingerprint density at radius 3 is 2.74 bits per heavy atom. The number of thioether (sulfide) groups is 1. The van der Waals surface area contributed by atoms with Crippen LogP contribution in [0.3, 0.4) is 0 Å². The first-order chi connectivity index (χ1) is 9.15. The van der Waals surface area contributed by atoms with Gasteiger partial charge < -0.3 is 5.32 Å². The summed E-state index contributed by atoms with van der Waals surface area (Å²) in [7, 11) is 0. The van der Waals surface area contributed by atoms with Gasteiger partial charge in [0.05, 0.1) is 5.75 Å². The average molecular weight is 336 g/mol. The van der Waals surface area contributed by atoms with Gasteiger partial charge in [-0.1, -0.05) is 40.2 Å². The van der Waals surface area contributed by atoms with Crippen LogP contribution in [0, 0.1) is 6.92 Å². The van der Waals surface area contributed by atoms with Crippen LogP contribution in [-0.4, -0.2) is 11.7 Å². The van der Waals surface area contributed by atoms with Crippen LogP contribution in [0.25, 0.3) is 0 Å². The summed E-state index contributed by atoms with van der Waals surface area (Å²) in [5.41, 5.74) is 2.01. The normalized spacial score (nSPS) is 10.2. The SMILES string of the molecule is Cc1ccccc1SCC(=O)Nc1cccc(Br)c1. The molecule has 0 bridgehead atoms. The van der Waals surface area contributed by atoms with E-state index in [4.69, 9.17) is 0 Å². The molecule has 1 amide bonds. The van der Waals surface area contributed by atoms with Crippen molar-refractivity contribution in [1.29, 1.82) is 0 Å². The smallest absolute Gasteiger partial charge is 0.234 e. The van der Waals surface area contributed by atoms with Crippen molar-refractivity contribution in [3.8, 4) is 0 Å². The van der Waals surface area contributed by atoms with Gasteiger partial charge in [0.25, 0.3) is 0 Å². The number of carbonyl (C=O) groups is 1. The van der Waals surface area contributed by atoms with E-state index in [1.807, 2.05) is 42.5 Å². The van der Waals surface area contributed by atoms with Gasteiger partial charge in [0.2, 0.25) is 5.91 Å². The van der Waals surface area contributed by atoms with Crippen LogP contribution in [0.2, 0.25) is 0 Å². The van der Waals surface area contributed by atoms with E-state index in [1.54, 1.807) is 11.8 Å². The zero-order valence-corrected chi connectivity index (χ0v) is 12.9. The average Bonchev–Trinajstić information content (AvgIpc) is 2.38. The molecule has 2 rings (SSSR count). The molecular weight excluding hydrogens is 322 g/mol. The highest BCUT2D eigenvalue weighted by atomic mass is 79.9. The van der Waals surface area contributed by atoms with E-state index in [0.29, 0.717) is 5.75 Å². The van der Waals surface area contributed by atoms with E-state index in [2.05, 4.69) is 34.2 Å². The Balaban J connectivity index is 1.90. The minimum absolute atomic E-state index is 0.00588. The van der Waals surface area contributed by atoms with Crippen molar-refractivity contribution >= 4 is 39.3 Å². The maximum Gasteiger partial charge on any atom is 0.234 e. The monoisotopic (exact) mass is 335 g/mol. The molecule has 19 heavy (non-hydrogen) atoms. The number of amides is 1. The van der Waals surface area contributed by atoms with Crippen molar-refractivity contribution in [2.24, 2.45) is 0 Å². The highest BCUT2D eigenvalue weighted by Gasteiger charge is 2.05. The summed E-state index contributed by atoms with van der Waals surface area (Å²) >= 11 is 4.94. The minimum atomic E-state index is 0.00588. The van der Waals surface area contributed by atoms with Crippen molar-refractivity contribution in [2.45, 2.75) is 11.8 Å². The second-order valence-electron chi connectivity index (χ2n) is 4.11.